The van der Waals surface area contributed by atoms with Crippen LogP contribution in [0.25, 0.3) is 11.3 Å². The van der Waals surface area contributed by atoms with E-state index in [2.05, 4.69) is 5.16 Å². The van der Waals surface area contributed by atoms with Gasteiger partial charge in [-0.3, -0.25) is 0 Å². The Bertz CT molecular complexity index is 525. The second-order valence-corrected chi connectivity index (χ2v) is 3.50. The number of aromatic hydroxyl groups is 1. The Balaban J connectivity index is 2.63. The van der Waals surface area contributed by atoms with Crippen molar-refractivity contribution in [2.24, 2.45) is 0 Å². The molecule has 0 saturated carbocycles. The average Bonchev–Trinajstić information content (AvgIpc) is 2.65. The first-order chi connectivity index (χ1) is 7.63. The van der Waals surface area contributed by atoms with Gasteiger partial charge >= 0.3 is 0 Å². The monoisotopic (exact) mass is 240 g/mol. The minimum atomic E-state index is -0.105. The third-order valence-corrected chi connectivity index (χ3v) is 2.40. The molecule has 0 aliphatic heterocycles. The second-order valence-electron chi connectivity index (χ2n) is 3.09. The van der Waals surface area contributed by atoms with Gasteiger partial charge in [-0.1, -0.05) is 16.8 Å². The Morgan fingerprint density at radius 1 is 1.50 bits per heavy atom. The number of aromatic nitrogens is 1. The maximum atomic E-state index is 9.89. The molecule has 0 aliphatic rings. The highest BCUT2D eigenvalue weighted by atomic mass is 35.5. The van der Waals surface area contributed by atoms with E-state index in [9.17, 15) is 5.11 Å². The summed E-state index contributed by atoms with van der Waals surface area (Å²) in [6, 6.07) is 4.62. The molecule has 6 heteroatoms. The molecule has 0 fully saturated rings. The van der Waals surface area contributed by atoms with Crippen molar-refractivity contribution in [3.05, 3.63) is 23.2 Å². The molecule has 16 heavy (non-hydrogen) atoms. The summed E-state index contributed by atoms with van der Waals surface area (Å²) < 4.78 is 9.90. The van der Waals surface area contributed by atoms with Crippen LogP contribution in [-0.4, -0.2) is 17.4 Å². The molecule has 1 heterocycles. The third-order valence-electron chi connectivity index (χ3n) is 2.08. The van der Waals surface area contributed by atoms with E-state index in [-0.39, 0.29) is 11.6 Å². The number of hydrogen-bond acceptors (Lipinski definition) is 5. The molecule has 84 valence electrons. The lowest BCUT2D eigenvalue weighted by Gasteiger charge is -2.07. The molecule has 0 bridgehead atoms. The normalized spacial score (nSPS) is 10.4. The van der Waals surface area contributed by atoms with E-state index in [1.165, 1.54) is 13.2 Å². The molecule has 0 atom stereocenters. The molecule has 2 rings (SSSR count). The van der Waals surface area contributed by atoms with Gasteiger partial charge in [0.1, 0.15) is 0 Å². The first-order valence-electron chi connectivity index (χ1n) is 4.41. The van der Waals surface area contributed by atoms with Gasteiger partial charge in [-0.15, -0.1) is 0 Å². The molecule has 0 unspecified atom stereocenters. The number of nitrogen functional groups attached to an aromatic ring is 1. The van der Waals surface area contributed by atoms with Crippen LogP contribution in [0, 0.1) is 0 Å². The zero-order valence-corrected chi connectivity index (χ0v) is 9.15. The summed E-state index contributed by atoms with van der Waals surface area (Å²) in [6.45, 7) is 0. The van der Waals surface area contributed by atoms with Gasteiger partial charge in [-0.2, -0.15) is 0 Å². The van der Waals surface area contributed by atoms with Crippen molar-refractivity contribution in [3.63, 3.8) is 0 Å². The lowest BCUT2D eigenvalue weighted by Crippen LogP contribution is -1.86. The van der Waals surface area contributed by atoms with Crippen molar-refractivity contribution in [2.45, 2.75) is 0 Å². The maximum absolute atomic E-state index is 9.89. The third kappa shape index (κ3) is 1.65. The molecular formula is C10H9ClN2O3. The van der Waals surface area contributed by atoms with Crippen molar-refractivity contribution in [3.8, 4) is 22.8 Å². The highest BCUT2D eigenvalue weighted by Crippen LogP contribution is 2.42. The standard InChI is InChI=1S/C10H9ClN2O3/c1-15-6-3-2-5(11)9(10(6)14)7-4-8(12)13-16-7/h2-4,14H,1H3,(H2,12,13). The fraction of sp³-hybridized carbons (Fsp3) is 0.100. The highest BCUT2D eigenvalue weighted by Gasteiger charge is 2.17. The van der Waals surface area contributed by atoms with E-state index in [0.29, 0.717) is 22.1 Å². The van der Waals surface area contributed by atoms with Gasteiger partial charge < -0.3 is 20.1 Å². The number of anilines is 1. The van der Waals surface area contributed by atoms with Gasteiger partial charge in [0, 0.05) is 6.07 Å². The minimum absolute atomic E-state index is 0.105. The molecule has 5 nitrogen and oxygen atoms in total. The Morgan fingerprint density at radius 3 is 2.81 bits per heavy atom. The lowest BCUT2D eigenvalue weighted by atomic mass is 10.1. The number of nitrogens with zero attached hydrogens (tertiary/aromatic N) is 1. The van der Waals surface area contributed by atoms with E-state index in [4.69, 9.17) is 26.6 Å². The number of methoxy groups -OCH3 is 1. The first-order valence-corrected chi connectivity index (χ1v) is 4.79. The fourth-order valence-corrected chi connectivity index (χ4v) is 1.60. The van der Waals surface area contributed by atoms with E-state index < -0.39 is 0 Å². The zero-order chi connectivity index (χ0) is 11.7. The van der Waals surface area contributed by atoms with Gasteiger partial charge in [0.2, 0.25) is 0 Å². The number of phenolic OH excluding ortho intramolecular Hbond substituents is 1. The maximum Gasteiger partial charge on any atom is 0.174 e. The largest absolute Gasteiger partial charge is 0.504 e. The Labute approximate surface area is 96.4 Å². The second kappa shape index (κ2) is 3.94. The topological polar surface area (TPSA) is 81.5 Å². The van der Waals surface area contributed by atoms with Gasteiger partial charge in [0.25, 0.3) is 0 Å². The summed E-state index contributed by atoms with van der Waals surface area (Å²) in [5.74, 6) is 0.702. The zero-order valence-electron chi connectivity index (χ0n) is 8.40. The van der Waals surface area contributed by atoms with Crippen LogP contribution in [0.4, 0.5) is 5.82 Å². The summed E-state index contributed by atoms with van der Waals surface area (Å²) in [4.78, 5) is 0. The Morgan fingerprint density at radius 2 is 2.25 bits per heavy atom. The predicted octanol–water partition coefficient (Wildman–Crippen LogP) is 2.29. The van der Waals surface area contributed by atoms with E-state index >= 15 is 0 Å². The molecule has 0 aliphatic carbocycles. The van der Waals surface area contributed by atoms with Crippen molar-refractivity contribution in [1.29, 1.82) is 0 Å². The SMILES string of the molecule is COc1ccc(Cl)c(-c2cc(N)no2)c1O. The average molecular weight is 241 g/mol. The highest BCUT2D eigenvalue weighted by molar-refractivity contribution is 6.33. The molecule has 3 N–H and O–H groups in total. The number of ether oxygens (including phenoxy) is 1. The van der Waals surface area contributed by atoms with Crippen LogP contribution in [0.5, 0.6) is 11.5 Å². The molecular weight excluding hydrogens is 232 g/mol. The number of nitrogens with two attached hydrogens (primary N) is 1. The van der Waals surface area contributed by atoms with Gasteiger partial charge in [-0.25, -0.2) is 0 Å². The number of phenols is 1. The quantitative estimate of drug-likeness (QED) is 0.842. The molecule has 0 amide bonds. The predicted molar refractivity (Wildman–Crippen MR) is 59.6 cm³/mol. The van der Waals surface area contributed by atoms with Gasteiger partial charge in [0.15, 0.2) is 23.1 Å². The smallest absolute Gasteiger partial charge is 0.174 e. The lowest BCUT2D eigenvalue weighted by molar-refractivity contribution is 0.372. The van der Waals surface area contributed by atoms with Crippen LogP contribution in [0.1, 0.15) is 0 Å². The van der Waals surface area contributed by atoms with Crippen LogP contribution in [0.2, 0.25) is 5.02 Å². The number of rotatable bonds is 2. The van der Waals surface area contributed by atoms with Gasteiger partial charge in [0.05, 0.1) is 17.7 Å². The summed E-state index contributed by atoms with van der Waals surface area (Å²) >= 11 is 5.96. The number of hydrogen-bond donors (Lipinski definition) is 2. The van der Waals surface area contributed by atoms with Crippen LogP contribution in [0.15, 0.2) is 22.7 Å². The van der Waals surface area contributed by atoms with E-state index in [1.807, 2.05) is 0 Å². The summed E-state index contributed by atoms with van der Waals surface area (Å²) in [6.07, 6.45) is 0. The van der Waals surface area contributed by atoms with Crippen molar-refractivity contribution in [1.82, 2.24) is 5.16 Å². The number of benzene rings is 1. The Kier molecular flexibility index (Phi) is 2.62. The van der Waals surface area contributed by atoms with E-state index in [0.717, 1.165) is 0 Å². The van der Waals surface area contributed by atoms with Crippen LogP contribution in [-0.2, 0) is 0 Å². The Hall–Kier alpha value is -1.88. The molecule has 2 aromatic rings. The molecule has 0 radical (unpaired) electrons. The first kappa shape index (κ1) is 10.6. The van der Waals surface area contributed by atoms with Crippen molar-refractivity contribution in [2.75, 3.05) is 12.8 Å². The molecule has 0 spiro atoms. The summed E-state index contributed by atoms with van der Waals surface area (Å²) in [5.41, 5.74) is 5.74. The minimum Gasteiger partial charge on any atom is -0.504 e. The van der Waals surface area contributed by atoms with Crippen LogP contribution in [0.3, 0.4) is 0 Å². The number of halogens is 1. The summed E-state index contributed by atoms with van der Waals surface area (Å²) in [5, 5.41) is 13.7. The molecule has 1 aromatic carbocycles. The molecule has 0 saturated heterocycles. The van der Waals surface area contributed by atoms with E-state index in [1.54, 1.807) is 12.1 Å². The fourth-order valence-electron chi connectivity index (χ4n) is 1.35. The summed E-state index contributed by atoms with van der Waals surface area (Å²) in [7, 11) is 1.45. The van der Waals surface area contributed by atoms with Gasteiger partial charge in [-0.05, 0) is 12.1 Å². The van der Waals surface area contributed by atoms with Crippen LogP contribution < -0.4 is 10.5 Å². The van der Waals surface area contributed by atoms with Crippen molar-refractivity contribution < 1.29 is 14.4 Å². The van der Waals surface area contributed by atoms with Crippen molar-refractivity contribution >= 4 is 17.4 Å². The molecule has 1 aromatic heterocycles. The van der Waals surface area contributed by atoms with Crippen LogP contribution >= 0.6 is 11.6 Å².